The fourth-order valence-electron chi connectivity index (χ4n) is 3.68. The standard InChI is InChI=1S/C19H23N3O5S/c1-21(11-14-2-7-18-19(10-14)27-13-26-18)17-8-9-22(12-17)16-5-3-15(4-6-16)20-28(23,24)25/h2-7,10,17,20H,8-9,11-13H2,1H3,(H,23,24,25). The van der Waals surface area contributed by atoms with Crippen LogP contribution >= 0.6 is 0 Å². The van der Waals surface area contributed by atoms with Crippen molar-refractivity contribution in [1.29, 1.82) is 0 Å². The van der Waals surface area contributed by atoms with E-state index in [0.717, 1.165) is 43.2 Å². The Balaban J connectivity index is 1.35. The van der Waals surface area contributed by atoms with E-state index >= 15 is 0 Å². The van der Waals surface area contributed by atoms with Gasteiger partial charge >= 0.3 is 10.3 Å². The van der Waals surface area contributed by atoms with Gasteiger partial charge in [0.25, 0.3) is 0 Å². The third-order valence-electron chi connectivity index (χ3n) is 5.13. The van der Waals surface area contributed by atoms with Gasteiger partial charge in [-0.15, -0.1) is 0 Å². The Hall–Kier alpha value is -2.49. The van der Waals surface area contributed by atoms with Gasteiger partial charge in [-0.25, -0.2) is 0 Å². The van der Waals surface area contributed by atoms with Gasteiger partial charge in [-0.1, -0.05) is 6.07 Å². The van der Waals surface area contributed by atoms with Crippen molar-refractivity contribution < 1.29 is 22.4 Å². The Morgan fingerprint density at radius 3 is 2.68 bits per heavy atom. The molecule has 1 saturated heterocycles. The molecule has 8 nitrogen and oxygen atoms in total. The summed E-state index contributed by atoms with van der Waals surface area (Å²) in [6.07, 6.45) is 1.05. The summed E-state index contributed by atoms with van der Waals surface area (Å²) in [5, 5.41) is 0. The van der Waals surface area contributed by atoms with Crippen LogP contribution in [0.1, 0.15) is 12.0 Å². The van der Waals surface area contributed by atoms with Gasteiger partial charge in [0.15, 0.2) is 11.5 Å². The first-order valence-corrected chi connectivity index (χ1v) is 10.5. The van der Waals surface area contributed by atoms with Crippen molar-refractivity contribution >= 4 is 21.7 Å². The number of anilines is 2. The highest BCUT2D eigenvalue weighted by atomic mass is 32.2. The summed E-state index contributed by atoms with van der Waals surface area (Å²) in [7, 11) is -2.13. The molecule has 150 valence electrons. The molecule has 2 aromatic carbocycles. The van der Waals surface area contributed by atoms with Crippen LogP contribution in [0, 0.1) is 0 Å². The number of hydrogen-bond donors (Lipinski definition) is 2. The number of benzene rings is 2. The number of hydrogen-bond acceptors (Lipinski definition) is 6. The highest BCUT2D eigenvalue weighted by molar-refractivity contribution is 7.87. The first kappa shape index (κ1) is 18.9. The fourth-order valence-corrected chi connectivity index (χ4v) is 4.12. The van der Waals surface area contributed by atoms with Crippen molar-refractivity contribution in [2.75, 3.05) is 36.6 Å². The second kappa shape index (κ2) is 7.50. The fraction of sp³-hybridized carbons (Fsp3) is 0.368. The molecule has 1 unspecified atom stereocenters. The van der Waals surface area contributed by atoms with Crippen LogP contribution in [0.15, 0.2) is 42.5 Å². The van der Waals surface area contributed by atoms with Crippen LogP contribution in [0.25, 0.3) is 0 Å². The van der Waals surface area contributed by atoms with E-state index in [9.17, 15) is 8.42 Å². The van der Waals surface area contributed by atoms with Crippen molar-refractivity contribution in [3.8, 4) is 11.5 Å². The Bertz CT molecular complexity index is 949. The number of likely N-dealkylation sites (N-methyl/N-ethyl adjacent to an activating group) is 1. The highest BCUT2D eigenvalue weighted by Crippen LogP contribution is 2.33. The van der Waals surface area contributed by atoms with Crippen LogP contribution in [0.2, 0.25) is 0 Å². The van der Waals surface area contributed by atoms with E-state index in [2.05, 4.69) is 27.6 Å². The molecule has 1 fully saturated rings. The molecular weight excluding hydrogens is 382 g/mol. The predicted octanol–water partition coefficient (Wildman–Crippen LogP) is 2.34. The molecule has 0 aliphatic carbocycles. The van der Waals surface area contributed by atoms with Crippen LogP contribution < -0.4 is 19.1 Å². The normalized spacial score (nSPS) is 18.7. The lowest BCUT2D eigenvalue weighted by Crippen LogP contribution is -2.34. The minimum absolute atomic E-state index is 0.282. The van der Waals surface area contributed by atoms with Gasteiger partial charge in [0.05, 0.1) is 5.69 Å². The van der Waals surface area contributed by atoms with Crippen molar-refractivity contribution in [2.24, 2.45) is 0 Å². The Morgan fingerprint density at radius 2 is 1.93 bits per heavy atom. The molecule has 2 aliphatic heterocycles. The molecular formula is C19H23N3O5S. The Morgan fingerprint density at radius 1 is 1.18 bits per heavy atom. The molecule has 0 aromatic heterocycles. The summed E-state index contributed by atoms with van der Waals surface area (Å²) in [5.41, 5.74) is 2.55. The smallest absolute Gasteiger partial charge is 0.357 e. The Labute approximate surface area is 164 Å². The van der Waals surface area contributed by atoms with Gasteiger partial charge in [0.2, 0.25) is 6.79 Å². The molecule has 0 radical (unpaired) electrons. The topological polar surface area (TPSA) is 91.3 Å². The first-order valence-electron chi connectivity index (χ1n) is 9.06. The van der Waals surface area contributed by atoms with E-state index in [1.807, 2.05) is 24.3 Å². The van der Waals surface area contributed by atoms with Crippen LogP contribution in [-0.2, 0) is 16.8 Å². The lowest BCUT2D eigenvalue weighted by Gasteiger charge is -2.25. The lowest BCUT2D eigenvalue weighted by atomic mass is 10.1. The summed E-state index contributed by atoms with van der Waals surface area (Å²) in [4.78, 5) is 4.61. The van der Waals surface area contributed by atoms with E-state index in [4.69, 9.17) is 14.0 Å². The summed E-state index contributed by atoms with van der Waals surface area (Å²) >= 11 is 0. The zero-order chi connectivity index (χ0) is 19.7. The maximum Gasteiger partial charge on any atom is 0.357 e. The van der Waals surface area contributed by atoms with Crippen molar-refractivity contribution in [2.45, 2.75) is 19.0 Å². The molecule has 0 saturated carbocycles. The monoisotopic (exact) mass is 405 g/mol. The van der Waals surface area contributed by atoms with Gasteiger partial charge in [0, 0.05) is 31.4 Å². The molecule has 1 atom stereocenters. The van der Waals surface area contributed by atoms with Gasteiger partial charge in [-0.3, -0.25) is 14.2 Å². The van der Waals surface area contributed by atoms with Crippen molar-refractivity contribution in [3.05, 3.63) is 48.0 Å². The van der Waals surface area contributed by atoms with E-state index in [0.29, 0.717) is 11.7 Å². The summed E-state index contributed by atoms with van der Waals surface area (Å²) in [5.74, 6) is 1.60. The van der Waals surface area contributed by atoms with Gasteiger partial charge < -0.3 is 14.4 Å². The SMILES string of the molecule is CN(Cc1ccc2c(c1)OCO2)C1CCN(c2ccc(NS(=O)(=O)O)cc2)C1. The molecule has 2 aromatic rings. The minimum Gasteiger partial charge on any atom is -0.454 e. The van der Waals surface area contributed by atoms with Crippen LogP contribution in [0.3, 0.4) is 0 Å². The van der Waals surface area contributed by atoms with Gasteiger partial charge in [-0.05, 0) is 55.4 Å². The number of fused-ring (bicyclic) bond motifs is 1. The molecule has 2 N–H and O–H groups in total. The quantitative estimate of drug-likeness (QED) is 0.713. The number of rotatable bonds is 6. The zero-order valence-electron chi connectivity index (χ0n) is 15.5. The van der Waals surface area contributed by atoms with Crippen molar-refractivity contribution in [1.82, 2.24) is 4.90 Å². The molecule has 4 rings (SSSR count). The molecule has 2 aliphatic rings. The van der Waals surface area contributed by atoms with Gasteiger partial charge in [0.1, 0.15) is 0 Å². The maximum absolute atomic E-state index is 10.9. The molecule has 9 heteroatoms. The Kier molecular flexibility index (Phi) is 5.05. The van der Waals surface area contributed by atoms with Crippen molar-refractivity contribution in [3.63, 3.8) is 0 Å². The molecule has 28 heavy (non-hydrogen) atoms. The average molecular weight is 405 g/mol. The third kappa shape index (κ3) is 4.32. The van der Waals surface area contributed by atoms with E-state index in [1.165, 1.54) is 5.56 Å². The second-order valence-electron chi connectivity index (χ2n) is 7.12. The molecule has 0 spiro atoms. The van der Waals surface area contributed by atoms with Crippen LogP contribution in [-0.4, -0.2) is 50.8 Å². The maximum atomic E-state index is 10.9. The van der Waals surface area contributed by atoms with Crippen LogP contribution in [0.4, 0.5) is 11.4 Å². The van der Waals surface area contributed by atoms with Gasteiger partial charge in [-0.2, -0.15) is 8.42 Å². The largest absolute Gasteiger partial charge is 0.454 e. The number of nitrogens with one attached hydrogen (secondary N) is 1. The van der Waals surface area contributed by atoms with E-state index in [1.54, 1.807) is 12.1 Å². The lowest BCUT2D eigenvalue weighted by molar-refractivity contribution is 0.174. The number of ether oxygens (including phenoxy) is 2. The van der Waals surface area contributed by atoms with Crippen LogP contribution in [0.5, 0.6) is 11.5 Å². The molecule has 0 bridgehead atoms. The zero-order valence-corrected chi connectivity index (χ0v) is 16.4. The molecule has 0 amide bonds. The highest BCUT2D eigenvalue weighted by Gasteiger charge is 2.26. The third-order valence-corrected chi connectivity index (χ3v) is 5.63. The minimum atomic E-state index is -4.25. The second-order valence-corrected chi connectivity index (χ2v) is 8.27. The number of nitrogens with zero attached hydrogens (tertiary/aromatic N) is 2. The first-order chi connectivity index (χ1) is 13.4. The summed E-state index contributed by atoms with van der Waals surface area (Å²) in [6, 6.07) is 13.5. The predicted molar refractivity (Wildman–Crippen MR) is 106 cm³/mol. The average Bonchev–Trinajstić information content (AvgIpc) is 3.30. The van der Waals surface area contributed by atoms with E-state index in [-0.39, 0.29) is 6.79 Å². The molecule has 2 heterocycles. The van der Waals surface area contributed by atoms with E-state index < -0.39 is 10.3 Å². The summed E-state index contributed by atoms with van der Waals surface area (Å²) in [6.45, 7) is 2.93. The summed E-state index contributed by atoms with van der Waals surface area (Å²) < 4.78 is 43.5.